The molecule has 0 radical (unpaired) electrons. The Kier molecular flexibility index (Phi) is 12.4. The fourth-order valence-corrected chi connectivity index (χ4v) is 0.246. The van der Waals surface area contributed by atoms with Crippen LogP contribution in [-0.2, 0) is 9.59 Å². The molecule has 6 heteroatoms. The van der Waals surface area contributed by atoms with Gasteiger partial charge in [0.25, 0.3) is 0 Å². The maximum Gasteiger partial charge on any atom is 1.00 e. The van der Waals surface area contributed by atoms with Crippen molar-refractivity contribution in [2.45, 2.75) is 6.42 Å². The van der Waals surface area contributed by atoms with Gasteiger partial charge in [0.15, 0.2) is 0 Å². The molecule has 0 aromatic heterocycles. The Bertz CT molecular complexity index is 166. The number of rotatable bonds is 3. The zero-order chi connectivity index (χ0) is 7.44. The third-order valence-corrected chi connectivity index (χ3v) is 0.646. The summed E-state index contributed by atoms with van der Waals surface area (Å²) in [6, 6.07) is 0. The summed E-state index contributed by atoms with van der Waals surface area (Å²) in [4.78, 5) is 19.4. The van der Waals surface area contributed by atoms with E-state index in [1.165, 1.54) is 0 Å². The van der Waals surface area contributed by atoms with Gasteiger partial charge >= 0.3 is 37.7 Å². The van der Waals surface area contributed by atoms with Crippen LogP contribution in [0.15, 0.2) is 12.2 Å². The predicted octanol–water partition coefficient (Wildman–Crippen LogP) is -8.56. The van der Waals surface area contributed by atoms with Crippen LogP contribution in [0, 0.1) is 0 Å². The van der Waals surface area contributed by atoms with Gasteiger partial charge in [0.2, 0.25) is 0 Å². The van der Waals surface area contributed by atoms with Gasteiger partial charge in [0.1, 0.15) is 0 Å². The van der Waals surface area contributed by atoms with Gasteiger partial charge < -0.3 is 19.8 Å². The standard InChI is InChI=1S/C5H6O4.2Li/c1-3(5(8)9)2-4(6)7;;/h1-2H2,(H,6,7)(H,8,9);;/q;2*+1/p-2. The first-order valence-electron chi connectivity index (χ1n) is 2.13. The maximum atomic E-state index is 9.73. The van der Waals surface area contributed by atoms with Gasteiger partial charge in [-0.2, -0.15) is 0 Å². The number of carbonyl (C=O) groups is 2. The number of aliphatic carboxylic acids is 2. The Balaban J connectivity index is -0.000000320. The zero-order valence-corrected chi connectivity index (χ0v) is 6.55. The molecule has 0 aliphatic heterocycles. The molecule has 0 saturated carbocycles. The Hall–Kier alpha value is -0.125. The van der Waals surface area contributed by atoms with Crippen LogP contribution in [0.2, 0.25) is 0 Å². The van der Waals surface area contributed by atoms with Crippen molar-refractivity contribution in [1.82, 2.24) is 0 Å². The number of carboxylic acids is 2. The van der Waals surface area contributed by atoms with Crippen molar-refractivity contribution in [3.8, 4) is 0 Å². The third-order valence-electron chi connectivity index (χ3n) is 0.646. The van der Waals surface area contributed by atoms with E-state index in [0.717, 1.165) is 0 Å². The van der Waals surface area contributed by atoms with Crippen LogP contribution in [-0.4, -0.2) is 11.9 Å². The Morgan fingerprint density at radius 1 is 1.18 bits per heavy atom. The van der Waals surface area contributed by atoms with E-state index in [0.29, 0.717) is 0 Å². The molecular formula is C5H4Li2O4. The number of carbonyl (C=O) groups excluding carboxylic acids is 2. The molecule has 0 saturated heterocycles. The minimum atomic E-state index is -1.56. The second-order valence-corrected chi connectivity index (χ2v) is 1.44. The quantitative estimate of drug-likeness (QED) is 0.289. The van der Waals surface area contributed by atoms with Crippen LogP contribution in [0.4, 0.5) is 0 Å². The molecule has 11 heavy (non-hydrogen) atoms. The Labute approximate surface area is 88.0 Å². The van der Waals surface area contributed by atoms with Gasteiger partial charge in [0, 0.05) is 12.4 Å². The molecule has 50 valence electrons. The van der Waals surface area contributed by atoms with E-state index < -0.39 is 23.9 Å². The summed E-state index contributed by atoms with van der Waals surface area (Å²) >= 11 is 0. The third kappa shape index (κ3) is 9.87. The fraction of sp³-hybridized carbons (Fsp3) is 0.200. The molecule has 0 bridgehead atoms. The molecular weight excluding hydrogens is 138 g/mol. The van der Waals surface area contributed by atoms with Crippen molar-refractivity contribution < 1.29 is 57.5 Å². The largest absolute Gasteiger partial charge is 1.00 e. The topological polar surface area (TPSA) is 80.3 Å². The minimum Gasteiger partial charge on any atom is -0.550 e. The van der Waals surface area contributed by atoms with Crippen LogP contribution >= 0.6 is 0 Å². The SMILES string of the molecule is C=C(CC(=O)[O-])C(=O)[O-].[Li+].[Li+]. The molecule has 0 aliphatic rings. The second-order valence-electron chi connectivity index (χ2n) is 1.44. The smallest absolute Gasteiger partial charge is 0.550 e. The first kappa shape index (κ1) is 17.1. The van der Waals surface area contributed by atoms with E-state index in [4.69, 9.17) is 0 Å². The molecule has 4 nitrogen and oxygen atoms in total. The summed E-state index contributed by atoms with van der Waals surface area (Å²) in [5.41, 5.74) is -0.477. The van der Waals surface area contributed by atoms with Crippen molar-refractivity contribution in [1.29, 1.82) is 0 Å². The first-order chi connectivity index (χ1) is 4.04. The summed E-state index contributed by atoms with van der Waals surface area (Å²) in [6.07, 6.45) is -0.678. The van der Waals surface area contributed by atoms with E-state index in [9.17, 15) is 19.8 Å². The van der Waals surface area contributed by atoms with Crippen LogP contribution < -0.4 is 47.9 Å². The number of hydrogen-bond acceptors (Lipinski definition) is 4. The van der Waals surface area contributed by atoms with E-state index in [2.05, 4.69) is 6.58 Å². The van der Waals surface area contributed by atoms with Gasteiger partial charge in [-0.15, -0.1) is 0 Å². The van der Waals surface area contributed by atoms with Crippen molar-refractivity contribution in [3.63, 3.8) is 0 Å². The fourth-order valence-electron chi connectivity index (χ4n) is 0.246. The van der Waals surface area contributed by atoms with Crippen molar-refractivity contribution in [2.75, 3.05) is 0 Å². The van der Waals surface area contributed by atoms with Gasteiger partial charge in [-0.3, -0.25) is 0 Å². The van der Waals surface area contributed by atoms with E-state index in [1.54, 1.807) is 0 Å². The van der Waals surface area contributed by atoms with Crippen molar-refractivity contribution >= 4 is 11.9 Å². The summed E-state index contributed by atoms with van der Waals surface area (Å²) in [6.45, 7) is 2.91. The molecule has 0 fully saturated rings. The molecule has 0 aromatic rings. The van der Waals surface area contributed by atoms with Crippen molar-refractivity contribution in [3.05, 3.63) is 12.2 Å². The summed E-state index contributed by atoms with van der Waals surface area (Å²) in [5.74, 6) is -3.02. The van der Waals surface area contributed by atoms with Gasteiger partial charge in [-0.05, 0) is 5.57 Å². The Morgan fingerprint density at radius 2 is 1.55 bits per heavy atom. The number of carboxylic acid groups (broad SMARTS) is 2. The normalized spacial score (nSPS) is 6.91. The molecule has 0 spiro atoms. The zero-order valence-electron chi connectivity index (χ0n) is 6.55. The van der Waals surface area contributed by atoms with Gasteiger partial charge in [-0.1, -0.05) is 6.58 Å². The van der Waals surface area contributed by atoms with E-state index in [-0.39, 0.29) is 37.7 Å². The van der Waals surface area contributed by atoms with E-state index in [1.807, 2.05) is 0 Å². The maximum absolute atomic E-state index is 9.73. The van der Waals surface area contributed by atoms with Crippen molar-refractivity contribution in [2.24, 2.45) is 0 Å². The molecule has 0 atom stereocenters. The monoisotopic (exact) mass is 142 g/mol. The van der Waals surface area contributed by atoms with Gasteiger partial charge in [0.05, 0.1) is 5.97 Å². The molecule has 0 N–H and O–H groups in total. The van der Waals surface area contributed by atoms with Crippen LogP contribution in [0.1, 0.15) is 6.42 Å². The minimum absolute atomic E-state index is 0. The van der Waals surface area contributed by atoms with Crippen LogP contribution in [0.5, 0.6) is 0 Å². The van der Waals surface area contributed by atoms with Crippen LogP contribution in [0.25, 0.3) is 0 Å². The van der Waals surface area contributed by atoms with Crippen LogP contribution in [0.3, 0.4) is 0 Å². The second kappa shape index (κ2) is 7.98. The summed E-state index contributed by atoms with van der Waals surface area (Å²) < 4.78 is 0. The van der Waals surface area contributed by atoms with Gasteiger partial charge in [-0.25, -0.2) is 0 Å². The number of hydrogen-bond donors (Lipinski definition) is 0. The summed E-state index contributed by atoms with van der Waals surface area (Å²) in [7, 11) is 0. The average Bonchev–Trinajstić information content (AvgIpc) is 1.63. The summed E-state index contributed by atoms with van der Waals surface area (Å²) in [5, 5.41) is 19.4. The predicted molar refractivity (Wildman–Crippen MR) is 23.8 cm³/mol. The average molecular weight is 142 g/mol. The van der Waals surface area contributed by atoms with E-state index >= 15 is 0 Å². The molecule has 0 amide bonds. The first-order valence-corrected chi connectivity index (χ1v) is 2.13. The Morgan fingerprint density at radius 3 is 1.64 bits per heavy atom. The molecule has 0 unspecified atom stereocenters. The molecule has 0 aliphatic carbocycles. The molecule has 0 aromatic carbocycles. The molecule has 0 heterocycles. The molecule has 0 rings (SSSR count).